The molecule has 13 rings (SSSR count). The lowest BCUT2D eigenvalue weighted by Gasteiger charge is -2.61. The molecule has 0 atom stereocenters. The third-order valence-electron chi connectivity index (χ3n) is 13.4. The number of hydrogen-bond acceptors (Lipinski definition) is 3. The van der Waals surface area contributed by atoms with Crippen LogP contribution in [0.25, 0.3) is 72.8 Å². The highest BCUT2D eigenvalue weighted by Gasteiger charge is 2.62. The van der Waals surface area contributed by atoms with Crippen molar-refractivity contribution in [2.24, 2.45) is 23.7 Å². The minimum atomic E-state index is 0.0669. The molecule has 0 saturated heterocycles. The van der Waals surface area contributed by atoms with E-state index >= 15 is 0 Å². The van der Waals surface area contributed by atoms with Gasteiger partial charge in [-0.15, -0.1) is 0 Å². The zero-order valence-corrected chi connectivity index (χ0v) is 29.5. The fourth-order valence-electron chi connectivity index (χ4n) is 11.7. The summed E-state index contributed by atoms with van der Waals surface area (Å²) in [5.74, 6) is 5.22. The lowest BCUT2D eigenvalue weighted by molar-refractivity contribution is -0.0394. The monoisotopic (exact) mass is 682 g/mol. The Balaban J connectivity index is 1.07. The number of fused-ring (bicyclic) bond motifs is 7. The van der Waals surface area contributed by atoms with Gasteiger partial charge in [0.25, 0.3) is 0 Å². The van der Waals surface area contributed by atoms with Crippen LogP contribution >= 0.6 is 0 Å². The predicted molar refractivity (Wildman–Crippen MR) is 214 cm³/mol. The molecule has 0 amide bonds. The van der Waals surface area contributed by atoms with Crippen molar-refractivity contribution in [1.82, 2.24) is 19.5 Å². The molecule has 2 aromatic heterocycles. The smallest absolute Gasteiger partial charge is 0.164 e. The third kappa shape index (κ3) is 4.15. The van der Waals surface area contributed by atoms with Gasteiger partial charge in [0, 0.05) is 38.6 Å². The summed E-state index contributed by atoms with van der Waals surface area (Å²) in [7, 11) is 0. The highest BCUT2D eigenvalue weighted by atomic mass is 15.0. The number of hydrogen-bond donors (Lipinski definition) is 0. The van der Waals surface area contributed by atoms with Gasteiger partial charge in [0.05, 0.1) is 11.0 Å². The van der Waals surface area contributed by atoms with E-state index in [0.717, 1.165) is 28.5 Å². The molecule has 1 spiro atoms. The van der Waals surface area contributed by atoms with E-state index in [0.29, 0.717) is 29.3 Å². The van der Waals surface area contributed by atoms with Gasteiger partial charge in [0.1, 0.15) is 0 Å². The summed E-state index contributed by atoms with van der Waals surface area (Å²) in [5, 5.41) is 2.68. The summed E-state index contributed by atoms with van der Waals surface area (Å²) in [5.41, 5.74) is 12.9. The Bertz CT molecular complexity index is 2640. The Hall–Kier alpha value is -5.87. The molecule has 4 bridgehead atoms. The molecule has 0 radical (unpaired) electrons. The average Bonchev–Trinajstić information content (AvgIpc) is 3.71. The van der Waals surface area contributed by atoms with Crippen LogP contribution in [0.5, 0.6) is 0 Å². The molecule has 4 saturated carbocycles. The van der Waals surface area contributed by atoms with E-state index < -0.39 is 0 Å². The first-order chi connectivity index (χ1) is 26.2. The van der Waals surface area contributed by atoms with Crippen molar-refractivity contribution >= 4 is 21.8 Å². The first-order valence-electron chi connectivity index (χ1n) is 19.4. The van der Waals surface area contributed by atoms with Crippen LogP contribution in [0.15, 0.2) is 146 Å². The van der Waals surface area contributed by atoms with E-state index in [1.54, 1.807) is 11.1 Å². The zero-order chi connectivity index (χ0) is 34.7. The number of benzene rings is 6. The van der Waals surface area contributed by atoms with Crippen LogP contribution < -0.4 is 0 Å². The molecule has 0 unspecified atom stereocenters. The van der Waals surface area contributed by atoms with Crippen LogP contribution in [0.3, 0.4) is 0 Å². The second kappa shape index (κ2) is 11.1. The molecule has 0 aliphatic heterocycles. The number of para-hydroxylation sites is 1. The Morgan fingerprint density at radius 2 is 1.00 bits per heavy atom. The van der Waals surface area contributed by atoms with Crippen molar-refractivity contribution < 1.29 is 0 Å². The maximum atomic E-state index is 5.03. The maximum absolute atomic E-state index is 5.03. The SMILES string of the molecule is c1ccc(-c2nc(-c3ccccc3)nc(-c3ccc(-n4c5ccccc5c5ccc6c(c54)C4(c5ccccc5-6)C5CC6CC(C5)CC4C6)cc3)n2)cc1. The molecular formula is C49H38N4. The van der Waals surface area contributed by atoms with Crippen molar-refractivity contribution in [3.8, 4) is 51.0 Å². The Labute approximate surface area is 309 Å². The summed E-state index contributed by atoms with van der Waals surface area (Å²) in [6, 6.07) is 52.7. The van der Waals surface area contributed by atoms with Crippen molar-refractivity contribution in [3.63, 3.8) is 0 Å². The topological polar surface area (TPSA) is 43.6 Å². The summed E-state index contributed by atoms with van der Waals surface area (Å²) in [6.07, 6.45) is 6.93. The highest BCUT2D eigenvalue weighted by Crippen LogP contribution is 2.70. The Kier molecular flexibility index (Phi) is 6.20. The summed E-state index contributed by atoms with van der Waals surface area (Å²) in [6.45, 7) is 0. The van der Waals surface area contributed by atoms with E-state index in [9.17, 15) is 0 Å². The predicted octanol–water partition coefficient (Wildman–Crippen LogP) is 11.7. The summed E-state index contributed by atoms with van der Waals surface area (Å²) < 4.78 is 2.59. The normalized spacial score (nSPS) is 23.5. The van der Waals surface area contributed by atoms with Gasteiger partial charge in [0.15, 0.2) is 17.5 Å². The van der Waals surface area contributed by atoms with Gasteiger partial charge in [-0.3, -0.25) is 0 Å². The van der Waals surface area contributed by atoms with Crippen molar-refractivity contribution in [2.75, 3.05) is 0 Å². The molecule has 0 N–H and O–H groups in total. The largest absolute Gasteiger partial charge is 0.309 e. The maximum Gasteiger partial charge on any atom is 0.164 e. The standard InChI is InChI=1S/C49H38N4/c1-3-11-32(12-4-1)46-50-47(33-13-5-2-6-14-33)52-48(51-46)34-19-21-37(22-20-34)53-43-18-10-8-16-39(43)41-24-23-40-38-15-7-9-17-42(38)49(44(40)45(41)53)35-26-30-25-31(28-35)29-36(49)27-30/h1-24,30-31,35-36H,25-29H2. The minimum Gasteiger partial charge on any atom is -0.309 e. The van der Waals surface area contributed by atoms with Gasteiger partial charge < -0.3 is 4.57 Å². The fraction of sp³-hybridized carbons (Fsp3) is 0.204. The van der Waals surface area contributed by atoms with E-state index in [2.05, 4.69) is 114 Å². The molecule has 4 fully saturated rings. The quantitative estimate of drug-likeness (QED) is 0.186. The van der Waals surface area contributed by atoms with Crippen LogP contribution in [-0.4, -0.2) is 19.5 Å². The Morgan fingerprint density at radius 3 is 1.64 bits per heavy atom. The molecule has 6 aromatic carbocycles. The average molecular weight is 683 g/mol. The molecule has 254 valence electrons. The fourth-order valence-corrected chi connectivity index (χ4v) is 11.7. The Morgan fingerprint density at radius 1 is 0.453 bits per heavy atom. The third-order valence-corrected chi connectivity index (χ3v) is 13.4. The zero-order valence-electron chi connectivity index (χ0n) is 29.5. The highest BCUT2D eigenvalue weighted by molar-refractivity contribution is 6.13. The van der Waals surface area contributed by atoms with E-state index in [1.807, 2.05) is 36.4 Å². The first kappa shape index (κ1) is 29.7. The molecule has 4 nitrogen and oxygen atoms in total. The number of rotatable bonds is 4. The lowest BCUT2D eigenvalue weighted by atomic mass is 9.43. The van der Waals surface area contributed by atoms with Crippen molar-refractivity contribution in [2.45, 2.75) is 37.5 Å². The van der Waals surface area contributed by atoms with Crippen LogP contribution in [0, 0.1) is 23.7 Å². The second-order valence-electron chi connectivity index (χ2n) is 16.0. The van der Waals surface area contributed by atoms with E-state index in [4.69, 9.17) is 15.0 Å². The van der Waals surface area contributed by atoms with Gasteiger partial charge in [-0.05, 0) is 108 Å². The molecule has 2 heterocycles. The lowest BCUT2D eigenvalue weighted by Crippen LogP contribution is -2.55. The van der Waals surface area contributed by atoms with Crippen LogP contribution in [0.1, 0.15) is 43.2 Å². The van der Waals surface area contributed by atoms with E-state index in [1.165, 1.54) is 70.7 Å². The van der Waals surface area contributed by atoms with Crippen molar-refractivity contribution in [3.05, 3.63) is 157 Å². The number of aromatic nitrogens is 4. The van der Waals surface area contributed by atoms with Gasteiger partial charge in [-0.25, -0.2) is 15.0 Å². The van der Waals surface area contributed by atoms with Crippen LogP contribution in [-0.2, 0) is 5.41 Å². The summed E-state index contributed by atoms with van der Waals surface area (Å²) >= 11 is 0. The van der Waals surface area contributed by atoms with Gasteiger partial charge in [-0.1, -0.05) is 115 Å². The molecule has 5 aliphatic rings. The molecule has 5 aliphatic carbocycles. The molecular weight excluding hydrogens is 645 g/mol. The van der Waals surface area contributed by atoms with Crippen LogP contribution in [0.4, 0.5) is 0 Å². The van der Waals surface area contributed by atoms with Crippen molar-refractivity contribution in [1.29, 1.82) is 0 Å². The second-order valence-corrected chi connectivity index (χ2v) is 16.0. The first-order valence-corrected chi connectivity index (χ1v) is 19.4. The van der Waals surface area contributed by atoms with Crippen LogP contribution in [0.2, 0.25) is 0 Å². The van der Waals surface area contributed by atoms with E-state index in [-0.39, 0.29) is 5.41 Å². The number of nitrogens with zero attached hydrogens (tertiary/aromatic N) is 4. The van der Waals surface area contributed by atoms with Gasteiger partial charge >= 0.3 is 0 Å². The molecule has 53 heavy (non-hydrogen) atoms. The minimum absolute atomic E-state index is 0.0669. The molecule has 8 aromatic rings. The summed E-state index contributed by atoms with van der Waals surface area (Å²) in [4.78, 5) is 15.0. The van der Waals surface area contributed by atoms with Gasteiger partial charge in [0.2, 0.25) is 0 Å². The van der Waals surface area contributed by atoms with Gasteiger partial charge in [-0.2, -0.15) is 0 Å². The molecule has 4 heteroatoms.